The molecule has 1 heterocycles. The third-order valence-electron chi connectivity index (χ3n) is 4.51. The van der Waals surface area contributed by atoms with Gasteiger partial charge in [-0.1, -0.05) is 12.8 Å². The van der Waals surface area contributed by atoms with Crippen LogP contribution in [0.4, 0.5) is 0 Å². The minimum absolute atomic E-state index is 0.0294. The smallest absolute Gasteiger partial charge is 0.0546 e. The van der Waals surface area contributed by atoms with Gasteiger partial charge in [-0.2, -0.15) is 0 Å². The SMILES string of the molecule is OC1CC(CN2CC3(CCCC3)C2)C1. The quantitative estimate of drug-likeness (QED) is 0.724. The lowest BCUT2D eigenvalue weighted by atomic mass is 9.75. The lowest BCUT2D eigenvalue weighted by Crippen LogP contribution is -2.57. The molecular formula is C12H21NO. The summed E-state index contributed by atoms with van der Waals surface area (Å²) in [5, 5.41) is 9.21. The van der Waals surface area contributed by atoms with Crippen molar-refractivity contribution in [2.75, 3.05) is 19.6 Å². The van der Waals surface area contributed by atoms with E-state index in [0.717, 1.165) is 24.2 Å². The van der Waals surface area contributed by atoms with Crippen molar-refractivity contribution in [3.05, 3.63) is 0 Å². The summed E-state index contributed by atoms with van der Waals surface area (Å²) >= 11 is 0. The molecule has 2 saturated carbocycles. The predicted molar refractivity (Wildman–Crippen MR) is 56.1 cm³/mol. The Bertz CT molecular complexity index is 208. The number of rotatable bonds is 2. The van der Waals surface area contributed by atoms with E-state index < -0.39 is 0 Å². The number of nitrogens with zero attached hydrogens (tertiary/aromatic N) is 1. The van der Waals surface area contributed by atoms with E-state index in [9.17, 15) is 5.11 Å². The van der Waals surface area contributed by atoms with Crippen LogP contribution in [0.25, 0.3) is 0 Å². The van der Waals surface area contributed by atoms with E-state index in [4.69, 9.17) is 0 Å². The number of aliphatic hydroxyl groups is 1. The fraction of sp³-hybridized carbons (Fsp3) is 1.00. The van der Waals surface area contributed by atoms with Gasteiger partial charge in [0.05, 0.1) is 6.10 Å². The second-order valence-electron chi connectivity index (χ2n) is 5.87. The lowest BCUT2D eigenvalue weighted by Gasteiger charge is -2.51. The molecule has 3 aliphatic rings. The van der Waals surface area contributed by atoms with Crippen LogP contribution in [0.1, 0.15) is 38.5 Å². The second kappa shape index (κ2) is 3.21. The zero-order chi connectivity index (χ0) is 9.60. The highest BCUT2D eigenvalue weighted by Gasteiger charge is 2.45. The van der Waals surface area contributed by atoms with Crippen LogP contribution >= 0.6 is 0 Å². The highest BCUT2D eigenvalue weighted by atomic mass is 16.3. The maximum Gasteiger partial charge on any atom is 0.0546 e. The number of likely N-dealkylation sites (tertiary alicyclic amines) is 1. The zero-order valence-electron chi connectivity index (χ0n) is 8.91. The van der Waals surface area contributed by atoms with Gasteiger partial charge in [-0.05, 0) is 37.0 Å². The van der Waals surface area contributed by atoms with Crippen LogP contribution in [-0.2, 0) is 0 Å². The third-order valence-corrected chi connectivity index (χ3v) is 4.51. The van der Waals surface area contributed by atoms with Crippen molar-refractivity contribution in [1.82, 2.24) is 4.90 Å². The minimum atomic E-state index is 0.0294. The normalized spacial score (nSPS) is 40.9. The molecule has 1 saturated heterocycles. The molecule has 80 valence electrons. The first-order valence-electron chi connectivity index (χ1n) is 6.16. The number of hydrogen-bond acceptors (Lipinski definition) is 2. The predicted octanol–water partition coefficient (Wildman–Crippen LogP) is 1.63. The van der Waals surface area contributed by atoms with E-state index in [-0.39, 0.29) is 6.10 Å². The first kappa shape index (κ1) is 9.17. The van der Waals surface area contributed by atoms with E-state index in [1.54, 1.807) is 0 Å². The van der Waals surface area contributed by atoms with Crippen LogP contribution in [0.3, 0.4) is 0 Å². The van der Waals surface area contributed by atoms with Crippen LogP contribution in [0.15, 0.2) is 0 Å². The molecule has 1 spiro atoms. The summed E-state index contributed by atoms with van der Waals surface area (Å²) in [5.41, 5.74) is 0.752. The van der Waals surface area contributed by atoms with E-state index in [2.05, 4.69) is 4.90 Å². The Morgan fingerprint density at radius 1 is 1.14 bits per heavy atom. The standard InChI is InChI=1S/C12H21NO/c14-11-5-10(6-11)7-13-8-12(9-13)3-1-2-4-12/h10-11,14H,1-9H2. The topological polar surface area (TPSA) is 23.5 Å². The highest BCUT2D eigenvalue weighted by Crippen LogP contribution is 2.46. The Balaban J connectivity index is 1.42. The Labute approximate surface area is 86.3 Å². The van der Waals surface area contributed by atoms with Gasteiger partial charge in [-0.3, -0.25) is 0 Å². The Morgan fingerprint density at radius 3 is 2.36 bits per heavy atom. The fourth-order valence-electron chi connectivity index (χ4n) is 3.69. The van der Waals surface area contributed by atoms with Gasteiger partial charge in [0.2, 0.25) is 0 Å². The average Bonchev–Trinajstić information content (AvgIpc) is 2.49. The molecule has 2 nitrogen and oxygen atoms in total. The summed E-state index contributed by atoms with van der Waals surface area (Å²) in [6.07, 6.45) is 8.05. The van der Waals surface area contributed by atoms with Gasteiger partial charge in [0, 0.05) is 19.6 Å². The molecule has 0 amide bonds. The first-order chi connectivity index (χ1) is 6.76. The van der Waals surface area contributed by atoms with Crippen molar-refractivity contribution >= 4 is 0 Å². The molecule has 0 bridgehead atoms. The van der Waals surface area contributed by atoms with Crippen LogP contribution in [0, 0.1) is 11.3 Å². The molecule has 3 fully saturated rings. The van der Waals surface area contributed by atoms with Crippen molar-refractivity contribution in [2.24, 2.45) is 11.3 Å². The van der Waals surface area contributed by atoms with Gasteiger partial charge in [-0.15, -0.1) is 0 Å². The van der Waals surface area contributed by atoms with E-state index in [1.165, 1.54) is 45.3 Å². The molecule has 0 atom stereocenters. The molecule has 2 heteroatoms. The van der Waals surface area contributed by atoms with Crippen molar-refractivity contribution in [1.29, 1.82) is 0 Å². The number of hydrogen-bond donors (Lipinski definition) is 1. The van der Waals surface area contributed by atoms with Gasteiger partial charge in [0.15, 0.2) is 0 Å². The first-order valence-corrected chi connectivity index (χ1v) is 6.16. The fourth-order valence-corrected chi connectivity index (χ4v) is 3.69. The molecule has 14 heavy (non-hydrogen) atoms. The molecule has 2 aliphatic carbocycles. The van der Waals surface area contributed by atoms with Gasteiger partial charge >= 0.3 is 0 Å². The van der Waals surface area contributed by atoms with Gasteiger partial charge in [0.1, 0.15) is 0 Å². The largest absolute Gasteiger partial charge is 0.393 e. The van der Waals surface area contributed by atoms with E-state index in [1.807, 2.05) is 0 Å². The average molecular weight is 195 g/mol. The second-order valence-corrected chi connectivity index (χ2v) is 5.87. The molecule has 1 N–H and O–H groups in total. The number of aliphatic hydroxyl groups excluding tert-OH is 1. The molecule has 3 rings (SSSR count). The maximum atomic E-state index is 9.21. The van der Waals surface area contributed by atoms with Gasteiger partial charge < -0.3 is 10.0 Å². The monoisotopic (exact) mass is 195 g/mol. The van der Waals surface area contributed by atoms with Crippen LogP contribution in [0.2, 0.25) is 0 Å². The van der Waals surface area contributed by atoms with Crippen LogP contribution < -0.4 is 0 Å². The van der Waals surface area contributed by atoms with Crippen molar-refractivity contribution in [2.45, 2.75) is 44.6 Å². The zero-order valence-corrected chi connectivity index (χ0v) is 8.91. The van der Waals surface area contributed by atoms with Gasteiger partial charge in [0.25, 0.3) is 0 Å². The minimum Gasteiger partial charge on any atom is -0.393 e. The van der Waals surface area contributed by atoms with Gasteiger partial charge in [-0.25, -0.2) is 0 Å². The summed E-state index contributed by atoms with van der Waals surface area (Å²) in [6, 6.07) is 0. The summed E-state index contributed by atoms with van der Waals surface area (Å²) in [6.45, 7) is 3.98. The summed E-state index contributed by atoms with van der Waals surface area (Å²) < 4.78 is 0. The van der Waals surface area contributed by atoms with Crippen LogP contribution in [-0.4, -0.2) is 35.7 Å². The van der Waals surface area contributed by atoms with E-state index in [0.29, 0.717) is 0 Å². The maximum absolute atomic E-state index is 9.21. The molecular weight excluding hydrogens is 174 g/mol. The molecule has 0 radical (unpaired) electrons. The van der Waals surface area contributed by atoms with Crippen molar-refractivity contribution in [3.8, 4) is 0 Å². The summed E-state index contributed by atoms with van der Waals surface area (Å²) in [4.78, 5) is 2.61. The summed E-state index contributed by atoms with van der Waals surface area (Å²) in [5.74, 6) is 0.809. The van der Waals surface area contributed by atoms with Crippen molar-refractivity contribution < 1.29 is 5.11 Å². The third kappa shape index (κ3) is 1.49. The molecule has 0 aromatic heterocycles. The van der Waals surface area contributed by atoms with E-state index >= 15 is 0 Å². The Hall–Kier alpha value is -0.0800. The molecule has 0 aromatic carbocycles. The lowest BCUT2D eigenvalue weighted by molar-refractivity contribution is -0.0393. The molecule has 0 aromatic rings. The van der Waals surface area contributed by atoms with Crippen molar-refractivity contribution in [3.63, 3.8) is 0 Å². The summed E-state index contributed by atoms with van der Waals surface area (Å²) in [7, 11) is 0. The highest BCUT2D eigenvalue weighted by molar-refractivity contribution is 4.99. The Kier molecular flexibility index (Phi) is 2.10. The molecule has 0 unspecified atom stereocenters. The Morgan fingerprint density at radius 2 is 1.79 bits per heavy atom. The molecule has 1 aliphatic heterocycles. The van der Waals surface area contributed by atoms with Crippen LogP contribution in [0.5, 0.6) is 0 Å².